The van der Waals surface area contributed by atoms with E-state index in [4.69, 9.17) is 5.73 Å². The van der Waals surface area contributed by atoms with E-state index in [1.807, 2.05) is 13.8 Å². The van der Waals surface area contributed by atoms with Gasteiger partial charge in [-0.1, -0.05) is 13.8 Å². The van der Waals surface area contributed by atoms with Crippen molar-refractivity contribution in [2.45, 2.75) is 32.7 Å². The molecule has 0 radical (unpaired) electrons. The quantitative estimate of drug-likeness (QED) is 0.716. The molecule has 1 amide bonds. The molecule has 1 aliphatic rings. The molecule has 94 valence electrons. The third kappa shape index (κ3) is 3.46. The Balaban J connectivity index is 2.33. The molecular weight excluding hydrogens is 202 g/mol. The minimum absolute atomic E-state index is 0.0493. The van der Waals surface area contributed by atoms with E-state index in [0.29, 0.717) is 18.5 Å². The number of carbonyl (C=O) groups is 1. The van der Waals surface area contributed by atoms with E-state index in [9.17, 15) is 4.79 Å². The number of nitrogens with two attached hydrogens (primary N) is 1. The standard InChI is InChI=1S/C12H25N3O/c1-9(2)11(7-13)12(16)14-8-10-5-4-6-15(10)3/h9-11H,4-8,13H2,1-3H3,(H,14,16). The molecule has 0 saturated carbocycles. The molecule has 4 heteroatoms. The summed E-state index contributed by atoms with van der Waals surface area (Å²) in [5, 5.41) is 3.03. The number of likely N-dealkylation sites (N-methyl/N-ethyl adjacent to an activating group) is 1. The highest BCUT2D eigenvalue weighted by Gasteiger charge is 2.24. The van der Waals surface area contributed by atoms with Crippen LogP contribution in [0.15, 0.2) is 0 Å². The van der Waals surface area contributed by atoms with Crippen molar-refractivity contribution in [2.75, 3.05) is 26.7 Å². The van der Waals surface area contributed by atoms with Gasteiger partial charge in [-0.2, -0.15) is 0 Å². The first-order valence-corrected chi connectivity index (χ1v) is 6.24. The van der Waals surface area contributed by atoms with E-state index in [0.717, 1.165) is 13.1 Å². The van der Waals surface area contributed by atoms with Gasteiger partial charge in [0.2, 0.25) is 5.91 Å². The van der Waals surface area contributed by atoms with Crippen LogP contribution in [0.25, 0.3) is 0 Å². The second-order valence-electron chi connectivity index (χ2n) is 5.11. The monoisotopic (exact) mass is 227 g/mol. The van der Waals surface area contributed by atoms with Crippen LogP contribution in [0, 0.1) is 11.8 Å². The van der Waals surface area contributed by atoms with E-state index < -0.39 is 0 Å². The molecule has 1 saturated heterocycles. The Labute approximate surface area is 98.6 Å². The zero-order chi connectivity index (χ0) is 12.1. The predicted molar refractivity (Wildman–Crippen MR) is 66.0 cm³/mol. The summed E-state index contributed by atoms with van der Waals surface area (Å²) >= 11 is 0. The van der Waals surface area contributed by atoms with E-state index in [1.54, 1.807) is 0 Å². The number of likely N-dealkylation sites (tertiary alicyclic amines) is 1. The van der Waals surface area contributed by atoms with Gasteiger partial charge < -0.3 is 16.0 Å². The molecule has 2 unspecified atom stereocenters. The van der Waals surface area contributed by atoms with E-state index in [2.05, 4.69) is 17.3 Å². The summed E-state index contributed by atoms with van der Waals surface area (Å²) < 4.78 is 0. The molecule has 0 bridgehead atoms. The molecular formula is C12H25N3O. The van der Waals surface area contributed by atoms with E-state index in [1.165, 1.54) is 12.8 Å². The molecule has 1 aliphatic heterocycles. The van der Waals surface area contributed by atoms with Crippen molar-refractivity contribution in [3.63, 3.8) is 0 Å². The SMILES string of the molecule is CC(C)C(CN)C(=O)NCC1CCCN1C. The van der Waals surface area contributed by atoms with Crippen LogP contribution in [-0.2, 0) is 4.79 Å². The van der Waals surface area contributed by atoms with Gasteiger partial charge in [-0.25, -0.2) is 0 Å². The molecule has 0 aromatic heterocycles. The molecule has 1 fully saturated rings. The van der Waals surface area contributed by atoms with Crippen LogP contribution in [0.4, 0.5) is 0 Å². The van der Waals surface area contributed by atoms with Crippen molar-refractivity contribution < 1.29 is 4.79 Å². The summed E-state index contributed by atoms with van der Waals surface area (Å²) in [5.41, 5.74) is 5.61. The lowest BCUT2D eigenvalue weighted by molar-refractivity contribution is -0.126. The van der Waals surface area contributed by atoms with Gasteiger partial charge in [-0.3, -0.25) is 4.79 Å². The Morgan fingerprint density at radius 3 is 2.69 bits per heavy atom. The minimum atomic E-state index is -0.0493. The summed E-state index contributed by atoms with van der Waals surface area (Å²) in [4.78, 5) is 14.2. The Bertz CT molecular complexity index is 230. The Morgan fingerprint density at radius 1 is 1.56 bits per heavy atom. The number of amides is 1. The molecule has 0 aromatic carbocycles. The van der Waals surface area contributed by atoms with Crippen LogP contribution in [0.3, 0.4) is 0 Å². The van der Waals surface area contributed by atoms with Gasteiger partial charge in [0.1, 0.15) is 0 Å². The number of nitrogens with one attached hydrogen (secondary N) is 1. The van der Waals surface area contributed by atoms with Gasteiger partial charge in [0.05, 0.1) is 5.92 Å². The second-order valence-corrected chi connectivity index (χ2v) is 5.11. The summed E-state index contributed by atoms with van der Waals surface area (Å²) in [6, 6.07) is 0.509. The van der Waals surface area contributed by atoms with Gasteiger partial charge in [-0.15, -0.1) is 0 Å². The van der Waals surface area contributed by atoms with Gasteiger partial charge in [0.15, 0.2) is 0 Å². The molecule has 2 atom stereocenters. The average molecular weight is 227 g/mol. The van der Waals surface area contributed by atoms with Crippen molar-refractivity contribution in [3.8, 4) is 0 Å². The maximum atomic E-state index is 11.9. The highest BCUT2D eigenvalue weighted by Crippen LogP contribution is 2.14. The molecule has 1 rings (SSSR count). The van der Waals surface area contributed by atoms with Crippen molar-refractivity contribution in [1.82, 2.24) is 10.2 Å². The van der Waals surface area contributed by atoms with Crippen molar-refractivity contribution in [2.24, 2.45) is 17.6 Å². The van der Waals surface area contributed by atoms with Crippen LogP contribution in [0.2, 0.25) is 0 Å². The smallest absolute Gasteiger partial charge is 0.224 e. The van der Waals surface area contributed by atoms with Crippen molar-refractivity contribution >= 4 is 5.91 Å². The normalized spacial score (nSPS) is 23.7. The molecule has 4 nitrogen and oxygen atoms in total. The second kappa shape index (κ2) is 6.21. The van der Waals surface area contributed by atoms with Gasteiger partial charge in [0, 0.05) is 19.1 Å². The van der Waals surface area contributed by atoms with Gasteiger partial charge >= 0.3 is 0 Å². The Morgan fingerprint density at radius 2 is 2.25 bits per heavy atom. The Kier molecular flexibility index (Phi) is 5.22. The molecule has 0 aliphatic carbocycles. The lowest BCUT2D eigenvalue weighted by Crippen LogP contribution is -2.43. The third-order valence-electron chi connectivity index (χ3n) is 3.58. The van der Waals surface area contributed by atoms with Crippen LogP contribution in [-0.4, -0.2) is 43.5 Å². The minimum Gasteiger partial charge on any atom is -0.354 e. The van der Waals surface area contributed by atoms with E-state index in [-0.39, 0.29) is 11.8 Å². The maximum Gasteiger partial charge on any atom is 0.224 e. The molecule has 1 heterocycles. The highest BCUT2D eigenvalue weighted by molar-refractivity contribution is 5.79. The Hall–Kier alpha value is -0.610. The lowest BCUT2D eigenvalue weighted by Gasteiger charge is -2.23. The van der Waals surface area contributed by atoms with Crippen LogP contribution < -0.4 is 11.1 Å². The first kappa shape index (κ1) is 13.5. The average Bonchev–Trinajstić information content (AvgIpc) is 2.61. The fourth-order valence-electron chi connectivity index (χ4n) is 2.27. The summed E-state index contributed by atoms with van der Waals surface area (Å²) in [6.07, 6.45) is 2.42. The molecule has 0 spiro atoms. The topological polar surface area (TPSA) is 58.4 Å². The predicted octanol–water partition coefficient (Wildman–Crippen LogP) is 0.428. The number of hydrogen-bond acceptors (Lipinski definition) is 3. The van der Waals surface area contributed by atoms with Crippen LogP contribution >= 0.6 is 0 Å². The fraction of sp³-hybridized carbons (Fsp3) is 0.917. The molecule has 0 aromatic rings. The number of carbonyl (C=O) groups excluding carboxylic acids is 1. The largest absolute Gasteiger partial charge is 0.354 e. The maximum absolute atomic E-state index is 11.9. The first-order valence-electron chi connectivity index (χ1n) is 6.24. The van der Waals surface area contributed by atoms with Gasteiger partial charge in [0.25, 0.3) is 0 Å². The third-order valence-corrected chi connectivity index (χ3v) is 3.58. The summed E-state index contributed by atoms with van der Waals surface area (Å²) in [7, 11) is 2.12. The van der Waals surface area contributed by atoms with Gasteiger partial charge in [-0.05, 0) is 32.4 Å². The highest BCUT2D eigenvalue weighted by atomic mass is 16.1. The fourth-order valence-corrected chi connectivity index (χ4v) is 2.27. The van der Waals surface area contributed by atoms with Crippen molar-refractivity contribution in [1.29, 1.82) is 0 Å². The number of hydrogen-bond donors (Lipinski definition) is 2. The zero-order valence-corrected chi connectivity index (χ0v) is 10.7. The zero-order valence-electron chi connectivity index (χ0n) is 10.7. The first-order chi connectivity index (χ1) is 7.56. The van der Waals surface area contributed by atoms with Crippen LogP contribution in [0.1, 0.15) is 26.7 Å². The number of nitrogens with zero attached hydrogens (tertiary/aromatic N) is 1. The van der Waals surface area contributed by atoms with E-state index >= 15 is 0 Å². The van der Waals surface area contributed by atoms with Crippen LogP contribution in [0.5, 0.6) is 0 Å². The molecule has 16 heavy (non-hydrogen) atoms. The summed E-state index contributed by atoms with van der Waals surface area (Å²) in [5.74, 6) is 0.371. The lowest BCUT2D eigenvalue weighted by atomic mass is 9.95. The summed E-state index contributed by atoms with van der Waals surface area (Å²) in [6.45, 7) is 6.42. The molecule has 3 N–H and O–H groups in total. The van der Waals surface area contributed by atoms with Crippen molar-refractivity contribution in [3.05, 3.63) is 0 Å². The number of rotatable bonds is 5.